The molecule has 88 valence electrons. The number of sulfone groups is 1. The van der Waals surface area contributed by atoms with E-state index in [0.717, 1.165) is 0 Å². The molecule has 0 spiro atoms. The Morgan fingerprint density at radius 1 is 1.31 bits per heavy atom. The summed E-state index contributed by atoms with van der Waals surface area (Å²) >= 11 is 3.02. The fourth-order valence-corrected chi connectivity index (χ4v) is 2.13. The van der Waals surface area contributed by atoms with Gasteiger partial charge in [0.2, 0.25) is 5.91 Å². The van der Waals surface area contributed by atoms with Gasteiger partial charge in [0.1, 0.15) is 0 Å². The topological polar surface area (TPSA) is 63.2 Å². The number of carbonyl (C=O) groups excluding carboxylic acids is 1. The largest absolute Gasteiger partial charge is 0.325 e. The molecule has 4 nitrogen and oxygen atoms in total. The number of hydrogen-bond donors (Lipinski definition) is 1. The molecule has 1 rings (SSSR count). The highest BCUT2D eigenvalue weighted by Crippen LogP contribution is 2.15. The van der Waals surface area contributed by atoms with Gasteiger partial charge in [-0.05, 0) is 24.3 Å². The van der Waals surface area contributed by atoms with Crippen LogP contribution in [-0.2, 0) is 14.6 Å². The Bertz CT molecular complexity index is 467. The van der Waals surface area contributed by atoms with Crippen molar-refractivity contribution in [3.63, 3.8) is 0 Å². The lowest BCUT2D eigenvalue weighted by Crippen LogP contribution is -2.12. The summed E-state index contributed by atoms with van der Waals surface area (Å²) in [4.78, 5) is 11.3. The van der Waals surface area contributed by atoms with Crippen LogP contribution in [0.15, 0.2) is 29.2 Å². The van der Waals surface area contributed by atoms with Crippen LogP contribution < -0.4 is 5.32 Å². The van der Waals surface area contributed by atoms with E-state index in [1.165, 1.54) is 12.1 Å². The van der Waals surface area contributed by atoms with E-state index in [9.17, 15) is 13.2 Å². The van der Waals surface area contributed by atoms with Gasteiger partial charge in [0.15, 0.2) is 9.84 Å². The number of alkyl halides is 1. The molecule has 1 aromatic carbocycles. The van der Waals surface area contributed by atoms with E-state index in [-0.39, 0.29) is 21.9 Å². The van der Waals surface area contributed by atoms with Crippen molar-refractivity contribution in [2.45, 2.75) is 11.8 Å². The van der Waals surface area contributed by atoms with Crippen LogP contribution in [0, 0.1) is 0 Å². The third-order valence-electron chi connectivity index (χ3n) is 2.00. The zero-order valence-electron chi connectivity index (χ0n) is 8.73. The van der Waals surface area contributed by atoms with Crippen molar-refractivity contribution >= 4 is 37.4 Å². The fraction of sp³-hybridized carbons (Fsp3) is 0.300. The molecule has 0 unspecified atom stereocenters. The summed E-state index contributed by atoms with van der Waals surface area (Å²) in [5.74, 6) is -0.105. The average Bonchev–Trinajstić information content (AvgIpc) is 2.29. The number of hydrogen-bond acceptors (Lipinski definition) is 3. The van der Waals surface area contributed by atoms with Crippen molar-refractivity contribution in [1.29, 1.82) is 0 Å². The smallest absolute Gasteiger partial charge is 0.235 e. The van der Waals surface area contributed by atoms with E-state index in [1.54, 1.807) is 19.1 Å². The van der Waals surface area contributed by atoms with Crippen LogP contribution in [0.5, 0.6) is 0 Å². The number of anilines is 1. The molecule has 0 bridgehead atoms. The quantitative estimate of drug-likeness (QED) is 0.863. The minimum Gasteiger partial charge on any atom is -0.325 e. The summed E-state index contributed by atoms with van der Waals surface area (Å²) in [5.41, 5.74) is 0.583. The average molecular weight is 306 g/mol. The minimum absolute atomic E-state index is 0.0695. The molecule has 0 aliphatic rings. The summed E-state index contributed by atoms with van der Waals surface area (Å²) < 4.78 is 23.0. The standard InChI is InChI=1S/C10H12BrNO3S/c1-2-16(14,15)9-5-3-8(4-6-9)12-10(13)7-11/h3-6H,2,7H2,1H3,(H,12,13). The van der Waals surface area contributed by atoms with Gasteiger partial charge in [0.25, 0.3) is 0 Å². The number of nitrogens with one attached hydrogen (secondary N) is 1. The van der Waals surface area contributed by atoms with E-state index < -0.39 is 9.84 Å². The van der Waals surface area contributed by atoms with Gasteiger partial charge in [0, 0.05) is 5.69 Å². The molecule has 0 saturated heterocycles. The van der Waals surface area contributed by atoms with Gasteiger partial charge in [-0.2, -0.15) is 0 Å². The van der Waals surface area contributed by atoms with Gasteiger partial charge < -0.3 is 5.32 Å². The number of halogens is 1. The lowest BCUT2D eigenvalue weighted by molar-refractivity contribution is -0.113. The van der Waals surface area contributed by atoms with E-state index in [1.807, 2.05) is 0 Å². The lowest BCUT2D eigenvalue weighted by atomic mass is 10.3. The Labute approximate surface area is 103 Å². The highest BCUT2D eigenvalue weighted by Gasteiger charge is 2.10. The third-order valence-corrected chi connectivity index (χ3v) is 4.26. The highest BCUT2D eigenvalue weighted by molar-refractivity contribution is 9.09. The maximum atomic E-state index is 11.5. The lowest BCUT2D eigenvalue weighted by Gasteiger charge is -2.04. The van der Waals surface area contributed by atoms with Crippen molar-refractivity contribution in [3.05, 3.63) is 24.3 Å². The molecule has 0 aromatic heterocycles. The summed E-state index contributed by atoms with van der Waals surface area (Å²) in [6, 6.07) is 6.12. The van der Waals surface area contributed by atoms with Gasteiger partial charge >= 0.3 is 0 Å². The van der Waals surface area contributed by atoms with Gasteiger partial charge in [0.05, 0.1) is 16.0 Å². The van der Waals surface area contributed by atoms with Crippen molar-refractivity contribution in [2.75, 3.05) is 16.4 Å². The molecule has 0 heterocycles. The van der Waals surface area contributed by atoms with Crippen LogP contribution in [0.1, 0.15) is 6.92 Å². The third kappa shape index (κ3) is 3.31. The predicted octanol–water partition coefficient (Wildman–Crippen LogP) is 1.81. The first-order valence-corrected chi connectivity index (χ1v) is 7.45. The van der Waals surface area contributed by atoms with E-state index >= 15 is 0 Å². The molecule has 0 atom stereocenters. The van der Waals surface area contributed by atoms with Gasteiger partial charge in [-0.1, -0.05) is 22.9 Å². The predicted molar refractivity (Wildman–Crippen MR) is 66.6 cm³/mol. The molecule has 16 heavy (non-hydrogen) atoms. The Kier molecular flexibility index (Phi) is 4.49. The van der Waals surface area contributed by atoms with Crippen LogP contribution in [-0.4, -0.2) is 25.4 Å². The van der Waals surface area contributed by atoms with E-state index in [2.05, 4.69) is 21.2 Å². The zero-order chi connectivity index (χ0) is 12.2. The van der Waals surface area contributed by atoms with Gasteiger partial charge in [-0.15, -0.1) is 0 Å². The monoisotopic (exact) mass is 305 g/mol. The van der Waals surface area contributed by atoms with Crippen molar-refractivity contribution in [1.82, 2.24) is 0 Å². The van der Waals surface area contributed by atoms with Crippen LogP contribution in [0.25, 0.3) is 0 Å². The number of carbonyl (C=O) groups is 1. The normalized spacial score (nSPS) is 11.1. The summed E-state index contributed by atoms with van der Waals surface area (Å²) in [5, 5.41) is 2.82. The number of benzene rings is 1. The molecule has 0 aliphatic heterocycles. The maximum absolute atomic E-state index is 11.5. The van der Waals surface area contributed by atoms with Gasteiger partial charge in [-0.3, -0.25) is 4.79 Å². The van der Waals surface area contributed by atoms with Crippen molar-refractivity contribution in [2.24, 2.45) is 0 Å². The Hall–Kier alpha value is -0.880. The molecular formula is C10H12BrNO3S. The van der Waals surface area contributed by atoms with E-state index in [0.29, 0.717) is 5.69 Å². The Morgan fingerprint density at radius 3 is 2.31 bits per heavy atom. The molecule has 1 aromatic rings. The SMILES string of the molecule is CCS(=O)(=O)c1ccc(NC(=O)CBr)cc1. The Balaban J connectivity index is 2.88. The molecule has 0 aliphatic carbocycles. The Morgan fingerprint density at radius 2 is 1.88 bits per heavy atom. The summed E-state index contributed by atoms with van der Waals surface area (Å²) in [6.07, 6.45) is 0. The second-order valence-corrected chi connectivity index (χ2v) is 5.95. The zero-order valence-corrected chi connectivity index (χ0v) is 11.1. The second kappa shape index (κ2) is 5.45. The molecule has 6 heteroatoms. The van der Waals surface area contributed by atoms with Crippen LogP contribution in [0.3, 0.4) is 0 Å². The van der Waals surface area contributed by atoms with Gasteiger partial charge in [-0.25, -0.2) is 8.42 Å². The number of rotatable bonds is 4. The fourth-order valence-electron chi connectivity index (χ4n) is 1.11. The van der Waals surface area contributed by atoms with Crippen molar-refractivity contribution < 1.29 is 13.2 Å². The highest BCUT2D eigenvalue weighted by atomic mass is 79.9. The molecule has 0 radical (unpaired) electrons. The second-order valence-electron chi connectivity index (χ2n) is 3.11. The van der Waals surface area contributed by atoms with Crippen molar-refractivity contribution in [3.8, 4) is 0 Å². The molecule has 1 amide bonds. The van der Waals surface area contributed by atoms with Crippen LogP contribution in [0.2, 0.25) is 0 Å². The molecule has 0 saturated carbocycles. The summed E-state index contributed by atoms with van der Waals surface area (Å²) in [7, 11) is -3.17. The summed E-state index contributed by atoms with van der Waals surface area (Å²) in [6.45, 7) is 1.59. The maximum Gasteiger partial charge on any atom is 0.235 e. The first-order valence-electron chi connectivity index (χ1n) is 4.68. The molecule has 1 N–H and O–H groups in total. The molecular weight excluding hydrogens is 294 g/mol. The minimum atomic E-state index is -3.17. The first kappa shape index (κ1) is 13.2. The van der Waals surface area contributed by atoms with Crippen LogP contribution in [0.4, 0.5) is 5.69 Å². The first-order chi connectivity index (χ1) is 7.49. The van der Waals surface area contributed by atoms with E-state index in [4.69, 9.17) is 0 Å². The van der Waals surface area contributed by atoms with Crippen LogP contribution >= 0.6 is 15.9 Å². The number of amides is 1. The molecule has 0 fully saturated rings.